The molecule has 42 nitrogen and oxygen atoms in total. The zero-order valence-electron chi connectivity index (χ0n) is 56.0. The van der Waals surface area contributed by atoms with Crippen molar-refractivity contribution in [2.75, 3.05) is 55.6 Å². The Morgan fingerprint density at radius 1 is 0.573 bits per heavy atom. The molecule has 0 aromatic carbocycles. The maximum Gasteiger partial charge on any atom is 0.327 e. The Bertz CT molecular complexity index is 3210. The quantitative estimate of drug-likeness (QED) is 0.0179. The fourth-order valence-electron chi connectivity index (χ4n) is 9.66. The fourth-order valence-corrected chi connectivity index (χ4v) is 12.7. The summed E-state index contributed by atoms with van der Waals surface area (Å²) < 4.78 is 0. The number of hydrogen-bond donors (Lipinski definition) is 23. The number of aliphatic imine (C=N–C) groups is 1. The highest BCUT2D eigenvalue weighted by molar-refractivity contribution is 8.76. The number of amides is 13. The molecule has 2 fully saturated rings. The van der Waals surface area contributed by atoms with Gasteiger partial charge in [0.1, 0.15) is 78.5 Å². The number of carbonyl (C=O) groups excluding carboxylic acids is 13. The first-order chi connectivity index (χ1) is 48.6. The van der Waals surface area contributed by atoms with E-state index in [2.05, 4.69) is 91.4 Å². The highest BCUT2D eigenvalue weighted by Gasteiger charge is 2.42. The largest absolute Gasteiger partial charge is 0.481 e. The van der Waals surface area contributed by atoms with Gasteiger partial charge in [-0.2, -0.15) is 24.4 Å². The predicted octanol–water partition coefficient (Wildman–Crippen LogP) is -9.47. The molecule has 2 aliphatic heterocycles. The van der Waals surface area contributed by atoms with Crippen molar-refractivity contribution >= 4 is 153 Å². The number of thioether (sulfide) groups is 1. The molecule has 0 spiro atoms. The molecule has 1 aromatic rings. The van der Waals surface area contributed by atoms with Gasteiger partial charge in [0.25, 0.3) is 0 Å². The molecule has 103 heavy (non-hydrogen) atoms. The van der Waals surface area contributed by atoms with Crippen molar-refractivity contribution in [3.63, 3.8) is 0 Å². The number of nitrogens with zero attached hydrogens (tertiary/aromatic N) is 3. The van der Waals surface area contributed by atoms with Crippen LogP contribution < -0.4 is 81.0 Å². The molecule has 13 amide bonds. The van der Waals surface area contributed by atoms with E-state index < -0.39 is 249 Å². The van der Waals surface area contributed by atoms with Crippen LogP contribution in [0, 0.1) is 0 Å². The van der Waals surface area contributed by atoms with Crippen molar-refractivity contribution in [3.8, 4) is 0 Å². The van der Waals surface area contributed by atoms with E-state index >= 15 is 0 Å². The van der Waals surface area contributed by atoms with Gasteiger partial charge in [-0.05, 0) is 70.8 Å². The lowest BCUT2D eigenvalue weighted by atomic mass is 10.1. The molecule has 0 bridgehead atoms. The summed E-state index contributed by atoms with van der Waals surface area (Å²) >= 11 is 5.30. The average Bonchev–Trinajstić information content (AvgIpc) is 1.77. The third-order valence-electron chi connectivity index (χ3n) is 15.3. The summed E-state index contributed by atoms with van der Waals surface area (Å²) in [4.78, 5) is 240. The molecule has 25 N–H and O–H groups in total. The summed E-state index contributed by atoms with van der Waals surface area (Å²) in [6.07, 6.45) is -0.593. The van der Waals surface area contributed by atoms with Gasteiger partial charge in [-0.25, -0.2) is 9.78 Å². The van der Waals surface area contributed by atoms with Crippen LogP contribution in [0.5, 0.6) is 0 Å². The molecule has 574 valence electrons. The van der Waals surface area contributed by atoms with Crippen molar-refractivity contribution in [2.45, 2.75) is 169 Å². The summed E-state index contributed by atoms with van der Waals surface area (Å²) in [7, 11) is 1.69. The molecular formula is C57H89N19O23S4. The van der Waals surface area contributed by atoms with Gasteiger partial charge < -0.3 is 122 Å². The molecule has 0 unspecified atom stereocenters. The van der Waals surface area contributed by atoms with E-state index in [1.54, 1.807) is 6.26 Å². The number of thiol groups is 1. The van der Waals surface area contributed by atoms with Crippen molar-refractivity contribution in [1.29, 1.82) is 0 Å². The van der Waals surface area contributed by atoms with Crippen LogP contribution in [0.4, 0.5) is 0 Å². The second-order valence-corrected chi connectivity index (χ2v) is 27.2. The molecule has 1 aromatic heterocycles. The lowest BCUT2D eigenvalue weighted by Crippen LogP contribution is -2.61. The first kappa shape index (κ1) is 88.0. The van der Waals surface area contributed by atoms with Gasteiger partial charge in [-0.3, -0.25) is 81.7 Å². The van der Waals surface area contributed by atoms with Gasteiger partial charge in [-0.15, -0.1) is 0 Å². The topological polar surface area (TPSA) is 678 Å². The van der Waals surface area contributed by atoms with Crippen LogP contribution in [0.1, 0.15) is 83.7 Å². The normalized spacial score (nSPS) is 26.9. The van der Waals surface area contributed by atoms with Crippen molar-refractivity contribution in [3.05, 3.63) is 18.2 Å². The maximum absolute atomic E-state index is 14.2. The van der Waals surface area contributed by atoms with Gasteiger partial charge in [-0.1, -0.05) is 21.6 Å². The molecule has 3 heterocycles. The van der Waals surface area contributed by atoms with Gasteiger partial charge in [0.15, 0.2) is 5.96 Å². The Morgan fingerprint density at radius 3 is 1.52 bits per heavy atom. The predicted molar refractivity (Wildman–Crippen MR) is 369 cm³/mol. The fraction of sp³-hybridized carbons (Fsp3) is 0.632. The van der Waals surface area contributed by atoms with Crippen LogP contribution >= 0.6 is 46.0 Å². The number of nitrogens with two attached hydrogens (primary N) is 3. The molecular weight excluding hydrogens is 1450 g/mol. The summed E-state index contributed by atoms with van der Waals surface area (Å²) in [5, 5.41) is 87.6. The van der Waals surface area contributed by atoms with Crippen LogP contribution in [0.15, 0.2) is 17.5 Å². The zero-order valence-corrected chi connectivity index (χ0v) is 59.4. The first-order valence-corrected chi connectivity index (χ1v) is 36.3. The number of aliphatic carboxylic acids is 4. The van der Waals surface area contributed by atoms with E-state index in [9.17, 15) is 112 Å². The summed E-state index contributed by atoms with van der Waals surface area (Å²) in [5.74, 6) is -22.3. The number of imidazole rings is 1. The van der Waals surface area contributed by atoms with Crippen molar-refractivity contribution in [1.82, 2.24) is 78.7 Å². The lowest BCUT2D eigenvalue weighted by Gasteiger charge is -2.30. The van der Waals surface area contributed by atoms with Crippen molar-refractivity contribution < 1.29 is 112 Å². The average molecular weight is 1540 g/mol. The monoisotopic (exact) mass is 1540 g/mol. The van der Waals surface area contributed by atoms with E-state index in [1.165, 1.54) is 31.2 Å². The lowest BCUT2D eigenvalue weighted by molar-refractivity contribution is -0.146. The number of H-pyrrole nitrogens is 1. The number of aromatic nitrogens is 2. The Kier molecular flexibility index (Phi) is 38.4. The molecule has 46 heteroatoms. The molecule has 0 aliphatic carbocycles. The first-order valence-electron chi connectivity index (χ1n) is 31.8. The smallest absolute Gasteiger partial charge is 0.327 e. The Labute approximate surface area is 605 Å². The third kappa shape index (κ3) is 30.7. The molecule has 2 saturated heterocycles. The number of nitrogens with one attached hydrogen (secondary N) is 13. The zero-order chi connectivity index (χ0) is 77.2. The van der Waals surface area contributed by atoms with Gasteiger partial charge in [0.05, 0.1) is 32.0 Å². The van der Waals surface area contributed by atoms with Crippen LogP contribution in [0.2, 0.25) is 0 Å². The molecule has 2 aliphatic rings. The second-order valence-electron chi connectivity index (χ2n) is 23.3. The van der Waals surface area contributed by atoms with Crippen LogP contribution in [-0.2, 0) is 87.9 Å². The minimum absolute atomic E-state index is 0.0433. The number of carboxylic acid groups (broad SMARTS) is 4. The summed E-state index contributed by atoms with van der Waals surface area (Å²) in [6.45, 7) is -0.251. The Balaban J connectivity index is 2.09. The SMILES string of the molecule is CSCC[C@@H]1NC(=O)[C@H](CO)NC(=O)[C@H](C)NC(=O)[C@H](CCCN=C(N)N)NC(=O)[C@@H](N)CSSC[C@@H](C(=O)O)NC(=O)[C@H](Cc2cnc[nH]2)NC(=O)[C@H](CCC(=O)O)NC(=O)[C@H](C)NC(=O)[C@@H]2CCCN2C(=O)[C@H](CC(=O)O)NC(=O)[C@H](CS)NC(=O)[C@H](CCC(=O)O)NC(=O)[C@H](CO)NC1=O. The minimum atomic E-state index is -1.98. The van der Waals surface area contributed by atoms with E-state index in [0.717, 1.165) is 33.4 Å². The maximum atomic E-state index is 14.2. The second kappa shape index (κ2) is 45.0. The van der Waals surface area contributed by atoms with E-state index in [0.29, 0.717) is 0 Å². The molecule has 0 radical (unpaired) electrons. The van der Waals surface area contributed by atoms with E-state index in [1.807, 2.05) is 0 Å². The van der Waals surface area contributed by atoms with Crippen LogP contribution in [0.3, 0.4) is 0 Å². The highest BCUT2D eigenvalue weighted by atomic mass is 33.1. The standard InChI is InChI=1S/C57H89N19O23S4/c1-25-44(86)72-35(19-77)51(93)69-32(12-15-101-3)49(91)73-36(20-78)52(94)68-31(9-11-41(81)82)48(90)74-37(21-100)53(95)71-34(17-42(83)84)55(97)76-14-5-7-39(76)54(96)65-26(2)43(85)66-30(8-10-40(79)80)47(89)70-33(16-27-18-61-24-63-27)50(92)75-38(56(98)99)23-103-102-22-28(58)45(87)67-29(46(88)64-25)6-4-13-62-57(59)60/h18,24-26,28-39,77-78,100H,4-17,19-23,58H2,1-3H3,(H,61,63)(H,64,88)(H,65,96)(H,66,85)(H,67,87)(H,68,94)(H,69,93)(H,70,89)(H,71,95)(H,72,86)(H,73,91)(H,74,90)(H,75,92)(H,79,80)(H,81,82)(H,83,84)(H,98,99)(H4,59,60,62)/t25-,26-,28-,29-,30-,31-,32-,33-,34-,35-,36-,37-,38-,39-/m0/s1. The number of carbonyl (C=O) groups is 17. The highest BCUT2D eigenvalue weighted by Crippen LogP contribution is 2.24. The number of aliphatic hydroxyl groups is 2. The molecule has 14 atom stereocenters. The number of aromatic amines is 1. The van der Waals surface area contributed by atoms with Gasteiger partial charge >= 0.3 is 23.9 Å². The summed E-state index contributed by atoms with van der Waals surface area (Å²) in [5.41, 5.74) is 17.3. The van der Waals surface area contributed by atoms with Crippen molar-refractivity contribution in [2.24, 2.45) is 22.2 Å². The van der Waals surface area contributed by atoms with Gasteiger partial charge in [0.2, 0.25) is 76.8 Å². The number of aliphatic hydroxyl groups excluding tert-OH is 2. The van der Waals surface area contributed by atoms with Crippen LogP contribution in [0.25, 0.3) is 0 Å². The Morgan fingerprint density at radius 2 is 1.02 bits per heavy atom. The minimum Gasteiger partial charge on any atom is -0.481 e. The van der Waals surface area contributed by atoms with E-state index in [-0.39, 0.29) is 68.4 Å². The third-order valence-corrected chi connectivity index (χ3v) is 18.7. The van der Waals surface area contributed by atoms with Crippen LogP contribution in [-0.4, -0.2) is 292 Å². The number of fused-ring (bicyclic) bond motifs is 1. The van der Waals surface area contributed by atoms with Gasteiger partial charge in [0, 0.05) is 61.5 Å². The number of carboxylic acids is 4. The number of guanidine groups is 1. The Hall–Kier alpha value is -9.25. The number of hydrogen-bond acceptors (Lipinski definition) is 26. The molecule has 3 rings (SSSR count). The molecule has 0 saturated carbocycles. The van der Waals surface area contributed by atoms with E-state index in [4.69, 9.17) is 17.2 Å². The number of rotatable bonds is 21. The summed E-state index contributed by atoms with van der Waals surface area (Å²) in [6, 6.07) is -23.6.